The summed E-state index contributed by atoms with van der Waals surface area (Å²) in [6.07, 6.45) is 3.97. The zero-order valence-electron chi connectivity index (χ0n) is 21.3. The van der Waals surface area contributed by atoms with Crippen molar-refractivity contribution >= 4 is 25.1 Å². The average Bonchev–Trinajstić information content (AvgIpc) is 3.58. The topological polar surface area (TPSA) is 62.6 Å². The molecule has 2 aromatic heterocycles. The van der Waals surface area contributed by atoms with Gasteiger partial charge >= 0.3 is 5.97 Å². The molecule has 0 aliphatic heterocycles. The van der Waals surface area contributed by atoms with Crippen molar-refractivity contribution in [2.24, 2.45) is 5.92 Å². The molecule has 0 bridgehead atoms. The molecule has 0 unspecified atom stereocenters. The number of esters is 1. The van der Waals surface area contributed by atoms with E-state index in [0.29, 0.717) is 52.7 Å². The van der Waals surface area contributed by atoms with Gasteiger partial charge in [-0.1, -0.05) is 19.6 Å². The van der Waals surface area contributed by atoms with E-state index < -0.39 is 14.0 Å². The van der Waals surface area contributed by atoms with E-state index in [1.54, 1.807) is 19.2 Å². The first-order valence-corrected chi connectivity index (χ1v) is 16.1. The number of benzene rings is 1. The zero-order chi connectivity index (χ0) is 25.2. The second-order valence-corrected chi connectivity index (χ2v) is 16.0. The predicted octanol–water partition coefficient (Wildman–Crippen LogP) is 6.43. The van der Waals surface area contributed by atoms with Crippen LogP contribution in [0.2, 0.25) is 25.7 Å². The van der Waals surface area contributed by atoms with Gasteiger partial charge in [0.25, 0.3) is 0 Å². The number of nitrogens with zero attached hydrogens (tertiary/aromatic N) is 2. The number of carbonyl (C=O) groups excluding carboxylic acids is 1. The van der Waals surface area contributed by atoms with Gasteiger partial charge in [-0.15, -0.1) is 0 Å². The SMILES string of the molecule is CCOC(=O)c1c(C)n(COCC[Si](C)(C)C)c2c(-c3cc(F)ccc3OCC3CC3)ccnc12. The van der Waals surface area contributed by atoms with E-state index in [0.717, 1.165) is 24.4 Å². The number of ether oxygens (including phenoxy) is 3. The Kier molecular flexibility index (Phi) is 7.61. The van der Waals surface area contributed by atoms with Gasteiger partial charge in [0.2, 0.25) is 0 Å². The third kappa shape index (κ3) is 5.93. The molecular weight excluding hydrogens is 463 g/mol. The minimum atomic E-state index is -1.26. The minimum absolute atomic E-state index is 0.262. The van der Waals surface area contributed by atoms with E-state index in [9.17, 15) is 9.18 Å². The fourth-order valence-corrected chi connectivity index (χ4v) is 4.83. The van der Waals surface area contributed by atoms with E-state index in [-0.39, 0.29) is 19.2 Å². The zero-order valence-corrected chi connectivity index (χ0v) is 22.3. The molecule has 1 aliphatic rings. The van der Waals surface area contributed by atoms with Crippen LogP contribution in [-0.4, -0.2) is 43.4 Å². The molecule has 0 spiro atoms. The summed E-state index contributed by atoms with van der Waals surface area (Å²) in [5.41, 5.74) is 3.73. The van der Waals surface area contributed by atoms with Crippen molar-refractivity contribution in [3.05, 3.63) is 47.5 Å². The Morgan fingerprint density at radius 3 is 2.66 bits per heavy atom. The molecule has 1 aliphatic carbocycles. The van der Waals surface area contributed by atoms with E-state index in [1.807, 2.05) is 17.6 Å². The summed E-state index contributed by atoms with van der Waals surface area (Å²) in [4.78, 5) is 17.5. The molecule has 8 heteroatoms. The molecule has 3 aromatic rings. The number of carbonyl (C=O) groups is 1. The molecule has 1 aromatic carbocycles. The summed E-state index contributed by atoms with van der Waals surface area (Å²) in [6.45, 7) is 12.3. The first kappa shape index (κ1) is 25.4. The number of hydrogen-bond acceptors (Lipinski definition) is 5. The maximum absolute atomic E-state index is 14.4. The lowest BCUT2D eigenvalue weighted by Gasteiger charge is -2.17. The molecular formula is C27H35FN2O4Si. The Morgan fingerprint density at radius 2 is 1.97 bits per heavy atom. The highest BCUT2D eigenvalue weighted by Gasteiger charge is 2.27. The molecule has 2 heterocycles. The van der Waals surface area contributed by atoms with Crippen molar-refractivity contribution < 1.29 is 23.4 Å². The summed E-state index contributed by atoms with van der Waals surface area (Å²) >= 11 is 0. The van der Waals surface area contributed by atoms with Crippen LogP contribution in [0.1, 0.15) is 35.8 Å². The molecule has 0 saturated heterocycles. The van der Waals surface area contributed by atoms with Crippen LogP contribution in [-0.2, 0) is 16.2 Å². The number of hydrogen-bond donors (Lipinski definition) is 0. The number of halogens is 1. The Bertz CT molecular complexity index is 1210. The van der Waals surface area contributed by atoms with Crippen LogP contribution in [0.15, 0.2) is 30.5 Å². The number of aromatic nitrogens is 2. The van der Waals surface area contributed by atoms with Crippen LogP contribution in [0.5, 0.6) is 5.75 Å². The fraction of sp³-hybridized carbons (Fsp3) is 0.481. The largest absolute Gasteiger partial charge is 0.493 e. The van der Waals surface area contributed by atoms with Crippen molar-refractivity contribution in [3.63, 3.8) is 0 Å². The number of fused-ring (bicyclic) bond motifs is 1. The minimum Gasteiger partial charge on any atom is -0.493 e. The highest BCUT2D eigenvalue weighted by atomic mass is 28.3. The Labute approximate surface area is 207 Å². The molecule has 0 amide bonds. The summed E-state index contributed by atoms with van der Waals surface area (Å²) in [6, 6.07) is 7.45. The van der Waals surface area contributed by atoms with Gasteiger partial charge in [-0.3, -0.25) is 4.98 Å². The smallest absolute Gasteiger partial charge is 0.342 e. The molecule has 1 fully saturated rings. The Morgan fingerprint density at radius 1 is 1.20 bits per heavy atom. The van der Waals surface area contributed by atoms with Crippen molar-refractivity contribution in [1.29, 1.82) is 0 Å². The van der Waals surface area contributed by atoms with E-state index >= 15 is 0 Å². The lowest BCUT2D eigenvalue weighted by Crippen LogP contribution is -2.22. The van der Waals surface area contributed by atoms with Crippen LogP contribution < -0.4 is 4.74 Å². The van der Waals surface area contributed by atoms with Gasteiger partial charge in [-0.2, -0.15) is 0 Å². The van der Waals surface area contributed by atoms with Crippen LogP contribution in [0, 0.1) is 18.7 Å². The van der Waals surface area contributed by atoms with Gasteiger partial charge in [-0.05, 0) is 62.9 Å². The van der Waals surface area contributed by atoms with Crippen LogP contribution in [0.3, 0.4) is 0 Å². The first-order valence-electron chi connectivity index (χ1n) is 12.3. The van der Waals surface area contributed by atoms with Crippen LogP contribution >= 0.6 is 0 Å². The van der Waals surface area contributed by atoms with E-state index in [2.05, 4.69) is 24.6 Å². The lowest BCUT2D eigenvalue weighted by atomic mass is 10.0. The molecule has 1 saturated carbocycles. The van der Waals surface area contributed by atoms with Gasteiger partial charge in [0.05, 0.1) is 18.7 Å². The highest BCUT2D eigenvalue weighted by molar-refractivity contribution is 6.76. The molecule has 188 valence electrons. The summed E-state index contributed by atoms with van der Waals surface area (Å²) in [5, 5.41) is 0. The van der Waals surface area contributed by atoms with Crippen LogP contribution in [0.25, 0.3) is 22.2 Å². The van der Waals surface area contributed by atoms with Crippen molar-refractivity contribution in [2.75, 3.05) is 19.8 Å². The molecule has 0 atom stereocenters. The van der Waals surface area contributed by atoms with Crippen LogP contribution in [0.4, 0.5) is 4.39 Å². The van der Waals surface area contributed by atoms with Gasteiger partial charge in [0.15, 0.2) is 0 Å². The summed E-state index contributed by atoms with van der Waals surface area (Å²) in [5.74, 6) is 0.403. The van der Waals surface area contributed by atoms with Gasteiger partial charge in [0, 0.05) is 37.7 Å². The van der Waals surface area contributed by atoms with Gasteiger partial charge < -0.3 is 18.8 Å². The van der Waals surface area contributed by atoms with Gasteiger partial charge in [0.1, 0.15) is 29.4 Å². The molecule has 0 radical (unpaired) electrons. The lowest BCUT2D eigenvalue weighted by molar-refractivity contribution is 0.0525. The third-order valence-electron chi connectivity index (χ3n) is 6.30. The van der Waals surface area contributed by atoms with Crippen molar-refractivity contribution in [1.82, 2.24) is 9.55 Å². The fourth-order valence-electron chi connectivity index (χ4n) is 4.08. The maximum atomic E-state index is 14.4. The standard InChI is InChI=1S/C27H35FN2O4Si/c1-6-33-27(31)24-18(2)30(17-32-13-14-35(3,4)5)26-21(11-12-29-25(24)26)22-15-20(28)9-10-23(22)34-16-19-7-8-19/h9-12,15,19H,6-8,13-14,16-17H2,1-5H3. The van der Waals surface area contributed by atoms with E-state index in [1.165, 1.54) is 12.1 Å². The second kappa shape index (κ2) is 10.5. The maximum Gasteiger partial charge on any atom is 0.342 e. The number of rotatable bonds is 11. The highest BCUT2D eigenvalue weighted by Crippen LogP contribution is 2.39. The third-order valence-corrected chi connectivity index (χ3v) is 8.00. The first-order chi connectivity index (χ1) is 16.7. The molecule has 0 N–H and O–H groups in total. The van der Waals surface area contributed by atoms with E-state index in [4.69, 9.17) is 14.2 Å². The number of pyridine rings is 1. The van der Waals surface area contributed by atoms with Crippen molar-refractivity contribution in [2.45, 2.75) is 59.1 Å². The average molecular weight is 499 g/mol. The summed E-state index contributed by atoms with van der Waals surface area (Å²) < 4.78 is 33.9. The molecule has 35 heavy (non-hydrogen) atoms. The van der Waals surface area contributed by atoms with Gasteiger partial charge in [-0.25, -0.2) is 9.18 Å². The molecule has 6 nitrogen and oxygen atoms in total. The Balaban J connectivity index is 1.82. The quantitative estimate of drug-likeness (QED) is 0.173. The van der Waals surface area contributed by atoms with Crippen molar-refractivity contribution in [3.8, 4) is 16.9 Å². The predicted molar refractivity (Wildman–Crippen MR) is 138 cm³/mol. The second-order valence-electron chi connectivity index (χ2n) is 10.4. The normalized spacial score (nSPS) is 13.9. The Hall–Kier alpha value is -2.71. The molecule has 4 rings (SSSR count). The summed E-state index contributed by atoms with van der Waals surface area (Å²) in [7, 11) is -1.26. The monoisotopic (exact) mass is 498 g/mol.